The van der Waals surface area contributed by atoms with E-state index in [0.29, 0.717) is 12.5 Å². The molecule has 6 heteroatoms. The maximum Gasteiger partial charge on any atom is 0.193 e. The first-order chi connectivity index (χ1) is 8.65. The maximum atomic E-state index is 5.83. The predicted octanol–water partition coefficient (Wildman–Crippen LogP) is 2.08. The molecule has 0 radical (unpaired) electrons. The smallest absolute Gasteiger partial charge is 0.193 e. The number of aryl methyl sites for hydroxylation is 2. The molecule has 1 heterocycles. The van der Waals surface area contributed by atoms with Crippen molar-refractivity contribution in [2.24, 2.45) is 10.7 Å². The molecular formula is C12H15N5S. The summed E-state index contributed by atoms with van der Waals surface area (Å²) < 4.78 is 3.86. The molecule has 0 spiro atoms. The highest BCUT2D eigenvalue weighted by molar-refractivity contribution is 7.05. The van der Waals surface area contributed by atoms with Gasteiger partial charge in [0.15, 0.2) is 5.96 Å². The number of guanidine groups is 1. The van der Waals surface area contributed by atoms with Crippen LogP contribution in [0, 0.1) is 13.8 Å². The highest BCUT2D eigenvalue weighted by Gasteiger charge is 2.02. The van der Waals surface area contributed by atoms with Gasteiger partial charge in [-0.3, -0.25) is 0 Å². The van der Waals surface area contributed by atoms with Gasteiger partial charge in [-0.15, -0.1) is 5.10 Å². The van der Waals surface area contributed by atoms with Gasteiger partial charge in [0.05, 0.1) is 17.1 Å². The van der Waals surface area contributed by atoms with Gasteiger partial charge in [-0.25, -0.2) is 4.99 Å². The zero-order valence-corrected chi connectivity index (χ0v) is 11.2. The summed E-state index contributed by atoms with van der Waals surface area (Å²) in [7, 11) is 0. The van der Waals surface area contributed by atoms with E-state index in [4.69, 9.17) is 5.73 Å². The predicted molar refractivity (Wildman–Crippen MR) is 74.8 cm³/mol. The Hall–Kier alpha value is -1.95. The molecule has 0 saturated heterocycles. The van der Waals surface area contributed by atoms with E-state index in [0.717, 1.165) is 16.3 Å². The van der Waals surface area contributed by atoms with Crippen molar-refractivity contribution < 1.29 is 0 Å². The molecule has 0 aliphatic heterocycles. The summed E-state index contributed by atoms with van der Waals surface area (Å²) in [6, 6.07) is 7.98. The monoisotopic (exact) mass is 261 g/mol. The molecule has 2 rings (SSSR count). The van der Waals surface area contributed by atoms with Crippen LogP contribution in [0.3, 0.4) is 0 Å². The lowest BCUT2D eigenvalue weighted by Gasteiger charge is -2.05. The van der Waals surface area contributed by atoms with Gasteiger partial charge in [-0.05, 0) is 43.1 Å². The zero-order chi connectivity index (χ0) is 13.0. The normalized spacial score (nSPS) is 11.6. The average molecular weight is 261 g/mol. The van der Waals surface area contributed by atoms with Gasteiger partial charge in [0.1, 0.15) is 0 Å². The van der Waals surface area contributed by atoms with Gasteiger partial charge >= 0.3 is 0 Å². The Morgan fingerprint density at radius 3 is 2.94 bits per heavy atom. The first-order valence-corrected chi connectivity index (χ1v) is 6.34. The van der Waals surface area contributed by atoms with E-state index in [9.17, 15) is 0 Å². The van der Waals surface area contributed by atoms with Crippen LogP contribution in [0.5, 0.6) is 0 Å². The first kappa shape index (κ1) is 12.5. The standard InChI is InChI=1S/C12H15N5S/c1-8-4-3-5-10(6-8)15-12(13)14-7-11-9(2)16-17-18-11/h3-6H,7H2,1-2H3,(H3,13,14,15). The number of nitrogens with two attached hydrogens (primary N) is 1. The minimum atomic E-state index is 0.397. The third-order valence-electron chi connectivity index (χ3n) is 2.43. The van der Waals surface area contributed by atoms with Gasteiger partial charge in [0.25, 0.3) is 0 Å². The Balaban J connectivity index is 1.99. The van der Waals surface area contributed by atoms with Crippen LogP contribution in [-0.4, -0.2) is 15.5 Å². The fourth-order valence-corrected chi connectivity index (χ4v) is 2.02. The summed E-state index contributed by atoms with van der Waals surface area (Å²) in [6.45, 7) is 4.46. The Kier molecular flexibility index (Phi) is 3.88. The number of hydrogen-bond donors (Lipinski definition) is 2. The van der Waals surface area contributed by atoms with Crippen molar-refractivity contribution in [1.82, 2.24) is 9.59 Å². The molecule has 0 bridgehead atoms. The quantitative estimate of drug-likeness (QED) is 0.655. The van der Waals surface area contributed by atoms with Crippen LogP contribution in [0.4, 0.5) is 5.69 Å². The van der Waals surface area contributed by atoms with Crippen LogP contribution >= 0.6 is 11.5 Å². The van der Waals surface area contributed by atoms with Crippen LogP contribution in [0.15, 0.2) is 29.3 Å². The van der Waals surface area contributed by atoms with Crippen molar-refractivity contribution in [3.8, 4) is 0 Å². The fraction of sp³-hybridized carbons (Fsp3) is 0.250. The second-order valence-corrected chi connectivity index (χ2v) is 4.82. The highest BCUT2D eigenvalue weighted by Crippen LogP contribution is 2.11. The topological polar surface area (TPSA) is 76.2 Å². The molecule has 3 N–H and O–H groups in total. The van der Waals surface area contributed by atoms with Gasteiger partial charge in [0, 0.05) is 5.69 Å². The third-order valence-corrected chi connectivity index (χ3v) is 3.24. The molecule has 1 aromatic carbocycles. The minimum Gasteiger partial charge on any atom is -0.370 e. The average Bonchev–Trinajstić information content (AvgIpc) is 2.72. The lowest BCUT2D eigenvalue weighted by Crippen LogP contribution is -2.22. The molecule has 0 fully saturated rings. The lowest BCUT2D eigenvalue weighted by molar-refractivity contribution is 1.02. The molecule has 5 nitrogen and oxygen atoms in total. The number of rotatable bonds is 3. The number of aliphatic imine (C=N–C) groups is 1. The van der Waals surface area contributed by atoms with E-state index in [1.807, 2.05) is 38.1 Å². The molecule has 0 aliphatic rings. The van der Waals surface area contributed by atoms with Crippen molar-refractivity contribution in [2.45, 2.75) is 20.4 Å². The number of anilines is 1. The van der Waals surface area contributed by atoms with Crippen molar-refractivity contribution in [1.29, 1.82) is 0 Å². The van der Waals surface area contributed by atoms with Crippen molar-refractivity contribution in [2.75, 3.05) is 5.32 Å². The second-order valence-electron chi connectivity index (χ2n) is 3.98. The Morgan fingerprint density at radius 2 is 2.28 bits per heavy atom. The van der Waals surface area contributed by atoms with Crippen molar-refractivity contribution in [3.05, 3.63) is 40.4 Å². The number of hydrogen-bond acceptors (Lipinski definition) is 4. The molecular weight excluding hydrogens is 246 g/mol. The third kappa shape index (κ3) is 3.27. The zero-order valence-electron chi connectivity index (χ0n) is 10.3. The molecule has 0 unspecified atom stereocenters. The van der Waals surface area contributed by atoms with E-state index < -0.39 is 0 Å². The van der Waals surface area contributed by atoms with Crippen molar-refractivity contribution >= 4 is 23.2 Å². The molecule has 1 aromatic heterocycles. The minimum absolute atomic E-state index is 0.397. The molecule has 2 aromatic rings. The summed E-state index contributed by atoms with van der Waals surface area (Å²) >= 11 is 1.35. The Labute approximate surface area is 110 Å². The van der Waals surface area contributed by atoms with E-state index in [1.165, 1.54) is 17.1 Å². The molecule has 0 aliphatic carbocycles. The molecule has 0 amide bonds. The molecule has 18 heavy (non-hydrogen) atoms. The number of nitrogens with zero attached hydrogens (tertiary/aromatic N) is 3. The number of nitrogens with one attached hydrogen (secondary N) is 1. The summed E-state index contributed by atoms with van der Waals surface area (Å²) in [5, 5.41) is 6.98. The van der Waals surface area contributed by atoms with E-state index >= 15 is 0 Å². The largest absolute Gasteiger partial charge is 0.370 e. The first-order valence-electron chi connectivity index (χ1n) is 5.56. The van der Waals surface area contributed by atoms with E-state index in [2.05, 4.69) is 19.9 Å². The SMILES string of the molecule is Cc1cccc(NC(N)=NCc2snnc2C)c1. The van der Waals surface area contributed by atoms with Crippen LogP contribution in [0.2, 0.25) is 0 Å². The molecule has 0 saturated carbocycles. The second kappa shape index (κ2) is 5.59. The van der Waals surface area contributed by atoms with Crippen LogP contribution < -0.4 is 11.1 Å². The van der Waals surface area contributed by atoms with E-state index in [-0.39, 0.29) is 0 Å². The maximum absolute atomic E-state index is 5.83. The summed E-state index contributed by atoms with van der Waals surface area (Å²) in [5.41, 5.74) is 8.85. The Bertz CT molecular complexity index is 561. The highest BCUT2D eigenvalue weighted by atomic mass is 32.1. The van der Waals surface area contributed by atoms with Gasteiger partial charge < -0.3 is 11.1 Å². The Morgan fingerprint density at radius 1 is 1.44 bits per heavy atom. The van der Waals surface area contributed by atoms with Gasteiger partial charge in [-0.1, -0.05) is 16.6 Å². The molecule has 94 valence electrons. The summed E-state index contributed by atoms with van der Waals surface area (Å²) in [5.74, 6) is 0.397. The van der Waals surface area contributed by atoms with Gasteiger partial charge in [0.2, 0.25) is 0 Å². The fourth-order valence-electron chi connectivity index (χ4n) is 1.46. The van der Waals surface area contributed by atoms with Crippen molar-refractivity contribution in [3.63, 3.8) is 0 Å². The lowest BCUT2D eigenvalue weighted by atomic mass is 10.2. The van der Waals surface area contributed by atoms with Gasteiger partial charge in [-0.2, -0.15) is 0 Å². The van der Waals surface area contributed by atoms with Crippen LogP contribution in [0.25, 0.3) is 0 Å². The number of aromatic nitrogens is 2. The number of benzene rings is 1. The summed E-state index contributed by atoms with van der Waals surface area (Å²) in [6.07, 6.45) is 0. The molecule has 0 atom stereocenters. The van der Waals surface area contributed by atoms with Crippen LogP contribution in [-0.2, 0) is 6.54 Å². The van der Waals surface area contributed by atoms with Crippen LogP contribution in [0.1, 0.15) is 16.1 Å². The summed E-state index contributed by atoms with van der Waals surface area (Å²) in [4.78, 5) is 5.30. The van der Waals surface area contributed by atoms with E-state index in [1.54, 1.807) is 0 Å².